The Balaban J connectivity index is 1.10. The van der Waals surface area contributed by atoms with Crippen LogP contribution in [0.2, 0.25) is 0 Å². The van der Waals surface area contributed by atoms with E-state index in [4.69, 9.17) is 30.6 Å². The number of pyridine rings is 1. The van der Waals surface area contributed by atoms with Gasteiger partial charge < -0.3 is 34.2 Å². The van der Waals surface area contributed by atoms with Crippen molar-refractivity contribution in [1.29, 1.82) is 0 Å². The van der Waals surface area contributed by atoms with Gasteiger partial charge in [-0.15, -0.1) is 6.42 Å². The number of benzene rings is 2. The number of amides is 1. The molecule has 306 valence electrons. The van der Waals surface area contributed by atoms with Crippen LogP contribution in [0.4, 0.5) is 14.6 Å². The number of fused-ring (bicyclic) bond motifs is 3. The molecule has 0 bridgehead atoms. The fraction of sp³-hybridized carbons (Fsp3) is 0.545. The summed E-state index contributed by atoms with van der Waals surface area (Å²) >= 11 is 0. The molecule has 0 radical (unpaired) electrons. The number of aliphatic hydroxyl groups is 1. The first-order valence-corrected chi connectivity index (χ1v) is 20.6. The molecule has 9 rings (SSSR count). The van der Waals surface area contributed by atoms with E-state index in [1.807, 2.05) is 0 Å². The van der Waals surface area contributed by atoms with Crippen molar-refractivity contribution in [2.24, 2.45) is 17.3 Å². The highest BCUT2D eigenvalue weighted by Crippen LogP contribution is 2.49. The Bertz CT molecular complexity index is 2310. The average molecular weight is 797 g/mol. The van der Waals surface area contributed by atoms with Crippen LogP contribution in [-0.4, -0.2) is 119 Å². The van der Waals surface area contributed by atoms with Crippen LogP contribution in [0.3, 0.4) is 0 Å². The SMILES string of the molecule is C#Cc1c(F)ccc2cc(O)cc(-c3nc(OC)c4c(N5CCOCC(C)(O)C5)nc(OCC56CCCC5N(CC5CCN(C(=O)C7CC7)C5)CCC6)nc4c3F)c12. The highest BCUT2D eigenvalue weighted by atomic mass is 19.1. The number of ether oxygens (including phenoxy) is 3. The number of nitrogens with zero attached hydrogens (tertiary/aromatic N) is 6. The van der Waals surface area contributed by atoms with E-state index in [1.54, 1.807) is 11.8 Å². The summed E-state index contributed by atoms with van der Waals surface area (Å²) in [5.74, 6) is 1.90. The Kier molecular flexibility index (Phi) is 10.1. The third-order valence-electron chi connectivity index (χ3n) is 13.0. The molecule has 5 fully saturated rings. The van der Waals surface area contributed by atoms with Gasteiger partial charge >= 0.3 is 6.01 Å². The molecule has 58 heavy (non-hydrogen) atoms. The van der Waals surface area contributed by atoms with Crippen molar-refractivity contribution >= 4 is 33.4 Å². The van der Waals surface area contributed by atoms with Gasteiger partial charge in [0.15, 0.2) is 5.82 Å². The van der Waals surface area contributed by atoms with Crippen molar-refractivity contribution in [3.8, 4) is 41.2 Å². The van der Waals surface area contributed by atoms with E-state index in [0.717, 1.165) is 77.5 Å². The zero-order valence-corrected chi connectivity index (χ0v) is 33.1. The van der Waals surface area contributed by atoms with E-state index in [0.29, 0.717) is 36.4 Å². The molecule has 1 amide bonds. The molecule has 0 spiro atoms. The van der Waals surface area contributed by atoms with Crippen LogP contribution in [0.5, 0.6) is 17.6 Å². The Labute approximate surface area is 336 Å². The predicted octanol–water partition coefficient (Wildman–Crippen LogP) is 5.68. The second-order valence-corrected chi connectivity index (χ2v) is 17.3. The minimum atomic E-state index is -1.26. The Morgan fingerprint density at radius 2 is 1.90 bits per heavy atom. The number of hydrogen-bond acceptors (Lipinski definition) is 11. The number of rotatable bonds is 9. The molecule has 4 atom stereocenters. The van der Waals surface area contributed by atoms with Crippen molar-refractivity contribution < 1.29 is 38.0 Å². The van der Waals surface area contributed by atoms with Gasteiger partial charge in [0, 0.05) is 54.5 Å². The van der Waals surface area contributed by atoms with Gasteiger partial charge in [0.1, 0.15) is 39.6 Å². The van der Waals surface area contributed by atoms with E-state index >= 15 is 8.78 Å². The quantitative estimate of drug-likeness (QED) is 0.203. The second kappa shape index (κ2) is 15.1. The van der Waals surface area contributed by atoms with Crippen LogP contribution in [0.15, 0.2) is 24.3 Å². The van der Waals surface area contributed by atoms with Crippen molar-refractivity contribution in [1.82, 2.24) is 24.8 Å². The van der Waals surface area contributed by atoms with Gasteiger partial charge in [-0.05, 0) is 87.9 Å². The number of methoxy groups -OCH3 is 1. The summed E-state index contributed by atoms with van der Waals surface area (Å²) in [6, 6.07) is 5.65. The van der Waals surface area contributed by atoms with Crippen LogP contribution < -0.4 is 14.4 Å². The first-order valence-electron chi connectivity index (χ1n) is 20.6. The molecule has 2 aliphatic carbocycles. The van der Waals surface area contributed by atoms with Crippen LogP contribution in [0.1, 0.15) is 63.9 Å². The number of terminal acetylenes is 1. The molecule has 2 N–H and O–H groups in total. The summed E-state index contributed by atoms with van der Waals surface area (Å²) < 4.78 is 50.7. The van der Waals surface area contributed by atoms with Gasteiger partial charge in [-0.3, -0.25) is 9.69 Å². The summed E-state index contributed by atoms with van der Waals surface area (Å²) in [7, 11) is 1.40. The topological polar surface area (TPSA) is 134 Å². The van der Waals surface area contributed by atoms with Crippen LogP contribution in [0.25, 0.3) is 32.9 Å². The highest BCUT2D eigenvalue weighted by Gasteiger charge is 2.49. The molecule has 12 nitrogen and oxygen atoms in total. The molecule has 14 heteroatoms. The van der Waals surface area contributed by atoms with Gasteiger partial charge in [0.2, 0.25) is 11.8 Å². The Hall–Kier alpha value is -4.84. The number of carbonyl (C=O) groups excluding carboxylic acids is 1. The maximum atomic E-state index is 17.4. The molecule has 2 aromatic heterocycles. The number of carbonyl (C=O) groups is 1. The normalized spacial score (nSPS) is 26.5. The number of likely N-dealkylation sites (tertiary alicyclic amines) is 2. The van der Waals surface area contributed by atoms with Gasteiger partial charge in [-0.25, -0.2) is 13.8 Å². The summed E-state index contributed by atoms with van der Waals surface area (Å²) in [4.78, 5) is 33.5. The van der Waals surface area contributed by atoms with Gasteiger partial charge in [0.05, 0.1) is 39.0 Å². The number of aromatic nitrogens is 3. The van der Waals surface area contributed by atoms with Crippen molar-refractivity contribution in [3.05, 3.63) is 41.5 Å². The van der Waals surface area contributed by atoms with E-state index < -0.39 is 17.2 Å². The zero-order valence-electron chi connectivity index (χ0n) is 33.1. The number of anilines is 1. The van der Waals surface area contributed by atoms with Crippen LogP contribution in [-0.2, 0) is 9.53 Å². The number of halogens is 2. The van der Waals surface area contributed by atoms with E-state index in [9.17, 15) is 15.0 Å². The molecular formula is C44H50F2N6O6. The standard InChI is InChI=1S/C44H50F2N6O6/c1-4-30-32(45)11-10-28-19-29(53)20-31(34(28)30)37-36(46)38-35(40(47-37)56-3)39(52-17-18-57-24-43(2,55)23-52)49-42(48-38)58-25-44-13-5-7-33(44)50(15-6-14-44)21-26-12-16-51(22-26)41(54)27-8-9-27/h1,10-11,19-20,26-27,33,53,55H,5-9,12-18,21-25H2,2-3H3. The number of aromatic hydroxyl groups is 1. The largest absolute Gasteiger partial charge is 0.508 e. The minimum Gasteiger partial charge on any atom is -0.508 e. The molecular weight excluding hydrogens is 747 g/mol. The molecule has 3 saturated heterocycles. The van der Waals surface area contributed by atoms with Crippen LogP contribution >= 0.6 is 0 Å². The molecule has 4 unspecified atom stereocenters. The summed E-state index contributed by atoms with van der Waals surface area (Å²) in [6.45, 7) is 6.42. The Morgan fingerprint density at radius 1 is 1.07 bits per heavy atom. The third kappa shape index (κ3) is 7.05. The molecule has 5 heterocycles. The Morgan fingerprint density at radius 3 is 2.69 bits per heavy atom. The third-order valence-corrected chi connectivity index (χ3v) is 13.0. The molecule has 4 aromatic rings. The number of hydrogen-bond donors (Lipinski definition) is 2. The van der Waals surface area contributed by atoms with Crippen molar-refractivity contribution in [2.75, 3.05) is 71.1 Å². The number of phenols is 1. The van der Waals surface area contributed by atoms with E-state index in [2.05, 4.69) is 20.7 Å². The first kappa shape index (κ1) is 38.7. The monoisotopic (exact) mass is 796 g/mol. The molecule has 2 saturated carbocycles. The summed E-state index contributed by atoms with van der Waals surface area (Å²) in [5, 5.41) is 22.7. The lowest BCUT2D eigenvalue weighted by atomic mass is 9.75. The van der Waals surface area contributed by atoms with Gasteiger partial charge in [-0.1, -0.05) is 18.4 Å². The van der Waals surface area contributed by atoms with Crippen LogP contribution in [0, 0.1) is 41.2 Å². The summed E-state index contributed by atoms with van der Waals surface area (Å²) in [5.41, 5.74) is -1.86. The number of phenolic OH excluding ortho intramolecular Hbond substituents is 1. The van der Waals surface area contributed by atoms with Gasteiger partial charge in [-0.2, -0.15) is 9.97 Å². The van der Waals surface area contributed by atoms with Gasteiger partial charge in [0.25, 0.3) is 0 Å². The predicted molar refractivity (Wildman–Crippen MR) is 214 cm³/mol. The lowest BCUT2D eigenvalue weighted by Crippen LogP contribution is -2.53. The van der Waals surface area contributed by atoms with E-state index in [1.165, 1.54) is 31.4 Å². The van der Waals surface area contributed by atoms with E-state index in [-0.39, 0.29) is 87.7 Å². The van der Waals surface area contributed by atoms with Crippen molar-refractivity contribution in [3.63, 3.8) is 0 Å². The summed E-state index contributed by atoms with van der Waals surface area (Å²) in [6.07, 6.45) is 13.9. The lowest BCUT2D eigenvalue weighted by Gasteiger charge is -2.47. The fourth-order valence-corrected chi connectivity index (χ4v) is 10.2. The molecule has 5 aliphatic rings. The average Bonchev–Trinajstić information content (AvgIpc) is 3.85. The molecule has 3 aliphatic heterocycles. The fourth-order valence-electron chi connectivity index (χ4n) is 10.2. The minimum absolute atomic E-state index is 0.0189. The molecule has 2 aromatic carbocycles. The van der Waals surface area contributed by atoms with Crippen molar-refractivity contribution in [2.45, 2.75) is 69.9 Å². The highest BCUT2D eigenvalue weighted by molar-refractivity contribution is 6.04. The lowest BCUT2D eigenvalue weighted by molar-refractivity contribution is -0.131. The first-order chi connectivity index (χ1) is 28.0. The smallest absolute Gasteiger partial charge is 0.319 e. The maximum absolute atomic E-state index is 17.4. The maximum Gasteiger partial charge on any atom is 0.319 e. The number of β-amino-alcohol motifs (C(OH)–C–C–N with tert-alkyl or cyclic N) is 1. The number of piperidine rings is 1. The second-order valence-electron chi connectivity index (χ2n) is 17.3. The zero-order chi connectivity index (χ0) is 40.3.